The fourth-order valence-electron chi connectivity index (χ4n) is 2.72. The zero-order valence-electron chi connectivity index (χ0n) is 10.7. The summed E-state index contributed by atoms with van der Waals surface area (Å²) in [7, 11) is 0. The van der Waals surface area contributed by atoms with Gasteiger partial charge in [0, 0.05) is 12.1 Å². The van der Waals surface area contributed by atoms with E-state index in [9.17, 15) is 4.79 Å². The van der Waals surface area contributed by atoms with Crippen LogP contribution in [0.2, 0.25) is 0 Å². The first kappa shape index (κ1) is 14.8. The summed E-state index contributed by atoms with van der Waals surface area (Å²) in [6.07, 6.45) is 8.11. The molecule has 2 unspecified atom stereocenters. The minimum absolute atomic E-state index is 0. The molecule has 0 heterocycles. The fourth-order valence-corrected chi connectivity index (χ4v) is 2.72. The molecule has 3 N–H and O–H groups in total. The first-order valence-corrected chi connectivity index (χ1v) is 6.66. The Morgan fingerprint density at radius 3 is 2.65 bits per heavy atom. The minimum Gasteiger partial charge on any atom is -0.356 e. The second-order valence-corrected chi connectivity index (χ2v) is 5.83. The van der Waals surface area contributed by atoms with E-state index < -0.39 is 0 Å². The summed E-state index contributed by atoms with van der Waals surface area (Å²) in [5, 5.41) is 3.06. The van der Waals surface area contributed by atoms with Gasteiger partial charge in [0.1, 0.15) is 0 Å². The largest absolute Gasteiger partial charge is 0.356 e. The number of hydrogen-bond acceptors (Lipinski definition) is 2. The summed E-state index contributed by atoms with van der Waals surface area (Å²) in [5.74, 6) is 1.10. The van der Waals surface area contributed by atoms with E-state index in [1.807, 2.05) is 6.92 Å². The van der Waals surface area contributed by atoms with Crippen LogP contribution in [0.5, 0.6) is 0 Å². The van der Waals surface area contributed by atoms with Crippen molar-refractivity contribution >= 4 is 18.3 Å². The molecule has 0 saturated heterocycles. The van der Waals surface area contributed by atoms with Gasteiger partial charge in [-0.25, -0.2) is 0 Å². The lowest BCUT2D eigenvalue weighted by molar-refractivity contribution is -0.128. The number of carbonyl (C=O) groups is 1. The third kappa shape index (κ3) is 4.14. The third-order valence-electron chi connectivity index (χ3n) is 4.12. The molecule has 0 bridgehead atoms. The first-order chi connectivity index (χ1) is 7.59. The summed E-state index contributed by atoms with van der Waals surface area (Å²) >= 11 is 0. The molecule has 2 aliphatic carbocycles. The molecule has 4 heteroatoms. The molecule has 2 fully saturated rings. The molecule has 0 aromatic carbocycles. The van der Waals surface area contributed by atoms with Gasteiger partial charge in [-0.1, -0.05) is 25.7 Å². The van der Waals surface area contributed by atoms with Gasteiger partial charge in [-0.05, 0) is 32.1 Å². The molecule has 2 rings (SSSR count). The lowest BCUT2D eigenvalue weighted by atomic mass is 9.74. The lowest BCUT2D eigenvalue weighted by Gasteiger charge is -2.37. The maximum absolute atomic E-state index is 12.0. The average Bonchev–Trinajstić information content (AvgIpc) is 3.00. The molecule has 2 saturated carbocycles. The normalized spacial score (nSPS) is 32.7. The quantitative estimate of drug-likeness (QED) is 0.815. The maximum atomic E-state index is 12.0. The van der Waals surface area contributed by atoms with Crippen LogP contribution >= 0.6 is 12.4 Å². The number of amides is 1. The zero-order valence-corrected chi connectivity index (χ0v) is 11.5. The monoisotopic (exact) mass is 260 g/mol. The molecule has 3 nitrogen and oxygen atoms in total. The summed E-state index contributed by atoms with van der Waals surface area (Å²) in [6, 6.07) is 0. The van der Waals surface area contributed by atoms with Crippen LogP contribution < -0.4 is 11.1 Å². The van der Waals surface area contributed by atoms with E-state index in [4.69, 9.17) is 5.73 Å². The SMILES string of the molecule is CC1(N)CCCCC1C(=O)NCCC1CC1.Cl. The van der Waals surface area contributed by atoms with Crippen molar-refractivity contribution in [3.8, 4) is 0 Å². The highest BCUT2D eigenvalue weighted by atomic mass is 35.5. The smallest absolute Gasteiger partial charge is 0.224 e. The van der Waals surface area contributed by atoms with Crippen molar-refractivity contribution in [1.29, 1.82) is 0 Å². The van der Waals surface area contributed by atoms with Gasteiger partial charge in [0.2, 0.25) is 5.91 Å². The van der Waals surface area contributed by atoms with Gasteiger partial charge >= 0.3 is 0 Å². The molecule has 1 amide bonds. The van der Waals surface area contributed by atoms with E-state index >= 15 is 0 Å². The van der Waals surface area contributed by atoms with Crippen LogP contribution in [0.1, 0.15) is 51.9 Å². The van der Waals surface area contributed by atoms with E-state index in [0.717, 1.165) is 38.1 Å². The third-order valence-corrected chi connectivity index (χ3v) is 4.12. The molecular weight excluding hydrogens is 236 g/mol. The molecular formula is C13H25ClN2O. The van der Waals surface area contributed by atoms with Gasteiger partial charge in [0.25, 0.3) is 0 Å². The van der Waals surface area contributed by atoms with Crippen molar-refractivity contribution in [2.24, 2.45) is 17.6 Å². The topological polar surface area (TPSA) is 55.1 Å². The maximum Gasteiger partial charge on any atom is 0.224 e. The van der Waals surface area contributed by atoms with Crippen molar-refractivity contribution in [3.63, 3.8) is 0 Å². The van der Waals surface area contributed by atoms with Crippen LogP contribution in [-0.2, 0) is 4.79 Å². The summed E-state index contributed by atoms with van der Waals surface area (Å²) < 4.78 is 0. The van der Waals surface area contributed by atoms with Crippen LogP contribution in [-0.4, -0.2) is 18.0 Å². The zero-order chi connectivity index (χ0) is 11.6. The van der Waals surface area contributed by atoms with Gasteiger partial charge in [-0.15, -0.1) is 12.4 Å². The minimum atomic E-state index is -0.290. The predicted octanol–water partition coefficient (Wildman–Crippen LogP) is 2.23. The predicted molar refractivity (Wildman–Crippen MR) is 72.1 cm³/mol. The summed E-state index contributed by atoms with van der Waals surface area (Å²) in [6.45, 7) is 2.87. The Balaban J connectivity index is 0.00000144. The van der Waals surface area contributed by atoms with Gasteiger partial charge in [0.15, 0.2) is 0 Å². The summed E-state index contributed by atoms with van der Waals surface area (Å²) in [4.78, 5) is 12.0. The Bertz CT molecular complexity index is 264. The fraction of sp³-hybridized carbons (Fsp3) is 0.923. The molecule has 17 heavy (non-hydrogen) atoms. The Labute approximate surface area is 110 Å². The molecule has 2 aliphatic rings. The van der Waals surface area contributed by atoms with E-state index in [1.54, 1.807) is 0 Å². The Hall–Kier alpha value is -0.280. The van der Waals surface area contributed by atoms with Crippen molar-refractivity contribution in [1.82, 2.24) is 5.32 Å². The number of halogens is 1. The molecule has 2 atom stereocenters. The highest BCUT2D eigenvalue weighted by Gasteiger charge is 2.37. The van der Waals surface area contributed by atoms with Crippen molar-refractivity contribution in [2.75, 3.05) is 6.54 Å². The molecule has 0 aliphatic heterocycles. The number of hydrogen-bond donors (Lipinski definition) is 2. The van der Waals surface area contributed by atoms with Gasteiger partial charge < -0.3 is 11.1 Å². The molecule has 0 aromatic rings. The van der Waals surface area contributed by atoms with Crippen LogP contribution in [0.15, 0.2) is 0 Å². The Morgan fingerprint density at radius 2 is 2.06 bits per heavy atom. The van der Waals surface area contributed by atoms with E-state index in [-0.39, 0.29) is 29.8 Å². The molecule has 0 aromatic heterocycles. The molecule has 0 spiro atoms. The van der Waals surface area contributed by atoms with Crippen molar-refractivity contribution in [2.45, 2.75) is 57.4 Å². The van der Waals surface area contributed by atoms with Crippen molar-refractivity contribution in [3.05, 3.63) is 0 Å². The Kier molecular flexibility index (Phi) is 5.26. The van der Waals surface area contributed by atoms with Gasteiger partial charge in [-0.2, -0.15) is 0 Å². The average molecular weight is 261 g/mol. The van der Waals surface area contributed by atoms with Crippen molar-refractivity contribution < 1.29 is 4.79 Å². The number of carbonyl (C=O) groups excluding carboxylic acids is 1. The highest BCUT2D eigenvalue weighted by Crippen LogP contribution is 2.33. The van der Waals surface area contributed by atoms with E-state index in [1.165, 1.54) is 19.3 Å². The van der Waals surface area contributed by atoms with Crippen LogP contribution in [0.3, 0.4) is 0 Å². The van der Waals surface area contributed by atoms with Gasteiger partial charge in [0.05, 0.1) is 5.92 Å². The highest BCUT2D eigenvalue weighted by molar-refractivity contribution is 5.85. The number of nitrogens with two attached hydrogens (primary N) is 1. The Morgan fingerprint density at radius 1 is 1.35 bits per heavy atom. The molecule has 0 radical (unpaired) electrons. The number of rotatable bonds is 4. The van der Waals surface area contributed by atoms with Crippen LogP contribution in [0.4, 0.5) is 0 Å². The van der Waals surface area contributed by atoms with Crippen LogP contribution in [0.25, 0.3) is 0 Å². The lowest BCUT2D eigenvalue weighted by Crippen LogP contribution is -2.52. The summed E-state index contributed by atoms with van der Waals surface area (Å²) in [5.41, 5.74) is 5.92. The van der Waals surface area contributed by atoms with E-state index in [2.05, 4.69) is 5.32 Å². The van der Waals surface area contributed by atoms with Gasteiger partial charge in [-0.3, -0.25) is 4.79 Å². The second kappa shape index (κ2) is 6.05. The second-order valence-electron chi connectivity index (χ2n) is 5.83. The number of nitrogens with one attached hydrogen (secondary N) is 1. The first-order valence-electron chi connectivity index (χ1n) is 6.66. The standard InChI is InChI=1S/C13H24N2O.ClH/c1-13(14)8-3-2-4-11(13)12(16)15-9-7-10-5-6-10;/h10-11H,2-9,14H2,1H3,(H,15,16);1H. The van der Waals surface area contributed by atoms with Crippen LogP contribution in [0, 0.1) is 11.8 Å². The van der Waals surface area contributed by atoms with E-state index in [0.29, 0.717) is 0 Å². The molecule has 100 valence electrons.